The first-order valence-corrected chi connectivity index (χ1v) is 8.16. The van der Waals surface area contributed by atoms with Gasteiger partial charge in [-0.15, -0.1) is 0 Å². The number of rotatable bonds is 4. The van der Waals surface area contributed by atoms with Crippen LogP contribution >= 0.6 is 0 Å². The largest absolute Gasteiger partial charge is 0.444 e. The molecule has 0 aliphatic rings. The van der Waals surface area contributed by atoms with Crippen molar-refractivity contribution in [2.24, 2.45) is 0 Å². The summed E-state index contributed by atoms with van der Waals surface area (Å²) in [6, 6.07) is 14.4. The summed E-state index contributed by atoms with van der Waals surface area (Å²) >= 11 is 0. The van der Waals surface area contributed by atoms with Crippen LogP contribution in [0.4, 0.5) is 4.79 Å². The molecule has 0 aliphatic carbocycles. The maximum absolute atomic E-state index is 12.6. The van der Waals surface area contributed by atoms with Crippen LogP contribution < -0.4 is 0 Å². The van der Waals surface area contributed by atoms with Gasteiger partial charge in [0.05, 0.1) is 12.6 Å². The molecule has 0 unspecified atom stereocenters. The molecule has 0 fully saturated rings. The highest BCUT2D eigenvalue weighted by molar-refractivity contribution is 5.86. The standard InChI is InChI=1S/C20H26NO2/c1-6-14-21(19(22)23-20(3,4)5)15(2)17-13-9-11-16-10-7-8-12-18(16)17/h7-15H,6H2,1-5H3/t15-/m1/s1. The molecule has 1 radical (unpaired) electrons. The Hall–Kier alpha value is -2.03. The second-order valence-electron chi connectivity index (χ2n) is 6.72. The quantitative estimate of drug-likeness (QED) is 0.723. The van der Waals surface area contributed by atoms with Crippen molar-refractivity contribution in [3.8, 4) is 0 Å². The first-order chi connectivity index (χ1) is 10.8. The van der Waals surface area contributed by atoms with E-state index in [-0.39, 0.29) is 12.1 Å². The SMILES string of the molecule is CC[CH]N(C(=O)OC(C)(C)C)[C@H](C)c1cccc2ccccc12. The summed E-state index contributed by atoms with van der Waals surface area (Å²) in [5.41, 5.74) is 0.619. The molecule has 0 bridgehead atoms. The van der Waals surface area contributed by atoms with Crippen LogP contribution in [-0.2, 0) is 4.74 Å². The molecule has 2 rings (SSSR count). The molecular formula is C20H26NO2. The van der Waals surface area contributed by atoms with E-state index in [1.807, 2.05) is 59.4 Å². The molecule has 0 aromatic heterocycles. The molecule has 1 atom stereocenters. The van der Waals surface area contributed by atoms with Gasteiger partial charge in [0.1, 0.15) is 5.60 Å². The van der Waals surface area contributed by atoms with Crippen LogP contribution in [0.3, 0.4) is 0 Å². The van der Waals surface area contributed by atoms with Crippen LogP contribution in [0, 0.1) is 6.54 Å². The lowest BCUT2D eigenvalue weighted by atomic mass is 9.99. The Morgan fingerprint density at radius 3 is 2.48 bits per heavy atom. The Kier molecular flexibility index (Phi) is 5.30. The second-order valence-corrected chi connectivity index (χ2v) is 6.72. The van der Waals surface area contributed by atoms with Crippen LogP contribution in [0.25, 0.3) is 10.8 Å². The molecule has 2 aromatic rings. The van der Waals surface area contributed by atoms with Crippen molar-refractivity contribution in [1.82, 2.24) is 4.90 Å². The lowest BCUT2D eigenvalue weighted by Gasteiger charge is -2.32. The molecule has 2 aromatic carbocycles. The van der Waals surface area contributed by atoms with Gasteiger partial charge in [-0.2, -0.15) is 0 Å². The fraction of sp³-hybridized carbons (Fsp3) is 0.400. The van der Waals surface area contributed by atoms with Crippen molar-refractivity contribution in [2.45, 2.75) is 52.7 Å². The number of amides is 1. The van der Waals surface area contributed by atoms with E-state index in [1.165, 1.54) is 10.8 Å². The Balaban J connectivity index is 2.36. The molecule has 23 heavy (non-hydrogen) atoms. The minimum absolute atomic E-state index is 0.0871. The van der Waals surface area contributed by atoms with Crippen molar-refractivity contribution in [3.63, 3.8) is 0 Å². The van der Waals surface area contributed by atoms with Gasteiger partial charge < -0.3 is 4.74 Å². The Labute approximate surface area is 139 Å². The third-order valence-corrected chi connectivity index (χ3v) is 3.67. The van der Waals surface area contributed by atoms with E-state index in [9.17, 15) is 4.79 Å². The van der Waals surface area contributed by atoms with Gasteiger partial charge in [0.15, 0.2) is 0 Å². The average molecular weight is 312 g/mol. The maximum atomic E-state index is 12.6. The van der Waals surface area contributed by atoms with Crippen LogP contribution in [0.2, 0.25) is 0 Å². The number of ether oxygens (including phenoxy) is 1. The normalized spacial score (nSPS) is 12.9. The fourth-order valence-corrected chi connectivity index (χ4v) is 2.67. The smallest absolute Gasteiger partial charge is 0.411 e. The van der Waals surface area contributed by atoms with Gasteiger partial charge in [-0.3, -0.25) is 4.90 Å². The van der Waals surface area contributed by atoms with E-state index in [2.05, 4.69) is 24.3 Å². The predicted octanol–water partition coefficient (Wildman–Crippen LogP) is 5.71. The van der Waals surface area contributed by atoms with Crippen LogP contribution in [-0.4, -0.2) is 16.6 Å². The minimum Gasteiger partial charge on any atom is -0.444 e. The van der Waals surface area contributed by atoms with E-state index < -0.39 is 5.60 Å². The first kappa shape index (κ1) is 17.3. The predicted molar refractivity (Wildman–Crippen MR) is 95.0 cm³/mol. The van der Waals surface area contributed by atoms with Gasteiger partial charge in [0.2, 0.25) is 0 Å². The summed E-state index contributed by atoms with van der Waals surface area (Å²) in [5, 5.41) is 2.35. The van der Waals surface area contributed by atoms with E-state index in [4.69, 9.17) is 4.74 Å². The zero-order valence-corrected chi connectivity index (χ0v) is 14.7. The van der Waals surface area contributed by atoms with Crippen molar-refractivity contribution < 1.29 is 9.53 Å². The van der Waals surface area contributed by atoms with Crippen molar-refractivity contribution in [3.05, 3.63) is 54.6 Å². The summed E-state index contributed by atoms with van der Waals surface area (Å²) in [6.07, 6.45) is 0.466. The number of fused-ring (bicyclic) bond motifs is 1. The lowest BCUT2D eigenvalue weighted by Crippen LogP contribution is -2.36. The van der Waals surface area contributed by atoms with E-state index in [1.54, 1.807) is 4.90 Å². The highest BCUT2D eigenvalue weighted by Gasteiger charge is 2.27. The van der Waals surface area contributed by atoms with Crippen molar-refractivity contribution in [1.29, 1.82) is 0 Å². The van der Waals surface area contributed by atoms with Gasteiger partial charge >= 0.3 is 6.09 Å². The highest BCUT2D eigenvalue weighted by atomic mass is 16.6. The molecule has 0 saturated heterocycles. The van der Waals surface area contributed by atoms with Gasteiger partial charge in [0.25, 0.3) is 0 Å². The topological polar surface area (TPSA) is 29.5 Å². The number of carbonyl (C=O) groups is 1. The summed E-state index contributed by atoms with van der Waals surface area (Å²) in [7, 11) is 0. The zero-order chi connectivity index (χ0) is 17.0. The Bertz CT molecular complexity index is 667. The average Bonchev–Trinajstić information content (AvgIpc) is 2.49. The molecule has 0 spiro atoms. The van der Waals surface area contributed by atoms with Crippen LogP contribution in [0.5, 0.6) is 0 Å². The summed E-state index contributed by atoms with van der Waals surface area (Å²) < 4.78 is 5.56. The van der Waals surface area contributed by atoms with E-state index >= 15 is 0 Å². The van der Waals surface area contributed by atoms with Gasteiger partial charge in [-0.1, -0.05) is 49.4 Å². The Morgan fingerprint density at radius 2 is 1.83 bits per heavy atom. The number of benzene rings is 2. The van der Waals surface area contributed by atoms with Crippen molar-refractivity contribution >= 4 is 16.9 Å². The Morgan fingerprint density at radius 1 is 1.17 bits per heavy atom. The molecule has 3 nitrogen and oxygen atoms in total. The fourth-order valence-electron chi connectivity index (χ4n) is 2.67. The first-order valence-electron chi connectivity index (χ1n) is 8.16. The number of hydrogen-bond acceptors (Lipinski definition) is 2. The van der Waals surface area contributed by atoms with Gasteiger partial charge in [-0.05, 0) is 50.5 Å². The number of nitrogens with zero attached hydrogens (tertiary/aromatic N) is 1. The van der Waals surface area contributed by atoms with Gasteiger partial charge in [-0.25, -0.2) is 4.79 Å². The summed E-state index contributed by atoms with van der Waals surface area (Å²) in [6.45, 7) is 11.6. The third kappa shape index (κ3) is 4.25. The van der Waals surface area contributed by atoms with Crippen LogP contribution in [0.15, 0.2) is 42.5 Å². The zero-order valence-electron chi connectivity index (χ0n) is 14.7. The molecule has 3 heteroatoms. The van der Waals surface area contributed by atoms with E-state index in [0.717, 1.165) is 12.0 Å². The third-order valence-electron chi connectivity index (χ3n) is 3.67. The lowest BCUT2D eigenvalue weighted by molar-refractivity contribution is 0.0236. The summed E-state index contributed by atoms with van der Waals surface area (Å²) in [4.78, 5) is 14.3. The second kappa shape index (κ2) is 7.03. The van der Waals surface area contributed by atoms with Gasteiger partial charge in [0, 0.05) is 0 Å². The highest BCUT2D eigenvalue weighted by Crippen LogP contribution is 2.30. The molecule has 0 aliphatic heterocycles. The molecule has 1 amide bonds. The molecule has 0 saturated carbocycles. The molecule has 123 valence electrons. The van der Waals surface area contributed by atoms with E-state index in [0.29, 0.717) is 0 Å². The number of carbonyl (C=O) groups excluding carboxylic acids is 1. The minimum atomic E-state index is -0.505. The molecular weight excluding hydrogens is 286 g/mol. The molecule has 0 N–H and O–H groups in total. The maximum Gasteiger partial charge on any atom is 0.411 e. The number of hydrogen-bond donors (Lipinski definition) is 0. The summed E-state index contributed by atoms with van der Waals surface area (Å²) in [5.74, 6) is 0. The van der Waals surface area contributed by atoms with Crippen LogP contribution in [0.1, 0.15) is 52.6 Å². The van der Waals surface area contributed by atoms with Crippen molar-refractivity contribution in [2.75, 3.05) is 0 Å². The molecule has 0 heterocycles. The monoisotopic (exact) mass is 312 g/mol.